The number of benzene rings is 3. The summed E-state index contributed by atoms with van der Waals surface area (Å²) in [5.41, 5.74) is 3.57. The van der Waals surface area contributed by atoms with Gasteiger partial charge in [-0.3, -0.25) is 10.1 Å². The van der Waals surface area contributed by atoms with Crippen molar-refractivity contribution in [2.24, 2.45) is 0 Å². The van der Waals surface area contributed by atoms with Crippen molar-refractivity contribution >= 4 is 55.9 Å². The summed E-state index contributed by atoms with van der Waals surface area (Å²) >= 11 is 7.47. The number of aliphatic hydroxyl groups excluding tert-OH is 1. The zero-order valence-electron chi connectivity index (χ0n) is 18.3. The van der Waals surface area contributed by atoms with Gasteiger partial charge in [-0.15, -0.1) is 0 Å². The van der Waals surface area contributed by atoms with Crippen molar-refractivity contribution in [3.05, 3.63) is 88.4 Å². The number of amides is 3. The van der Waals surface area contributed by atoms with Crippen LogP contribution in [0.1, 0.15) is 21.5 Å². The molecule has 7 nitrogen and oxygen atoms in total. The Bertz CT molecular complexity index is 1310. The Morgan fingerprint density at radius 3 is 2.59 bits per heavy atom. The molecule has 9 heteroatoms. The molecule has 0 unspecified atom stereocenters. The summed E-state index contributed by atoms with van der Waals surface area (Å²) in [6.45, 7) is 1.68. The minimum atomic E-state index is -0.457. The number of urea groups is 1. The van der Waals surface area contributed by atoms with E-state index in [4.69, 9.17) is 11.6 Å². The van der Waals surface area contributed by atoms with Crippen LogP contribution in [0.15, 0.2) is 66.7 Å². The van der Waals surface area contributed by atoms with Crippen molar-refractivity contribution in [1.82, 2.24) is 10.3 Å². The molecule has 174 valence electrons. The molecule has 3 amide bonds. The maximum absolute atomic E-state index is 12.8. The molecular weight excluding hydrogens is 472 g/mol. The molecule has 0 fully saturated rings. The van der Waals surface area contributed by atoms with E-state index in [9.17, 15) is 14.7 Å². The SMILES string of the molecule is Cc1cccc(Cl)c1NC(=O)c1ccc2nc(NC(=O)N[C@H](CO)Cc3ccccc3)sc2c1. The van der Waals surface area contributed by atoms with Crippen molar-refractivity contribution in [2.45, 2.75) is 19.4 Å². The van der Waals surface area contributed by atoms with Crippen molar-refractivity contribution in [3.63, 3.8) is 0 Å². The number of rotatable bonds is 7. The Hall–Kier alpha value is -3.46. The van der Waals surface area contributed by atoms with Crippen LogP contribution in [0.25, 0.3) is 10.2 Å². The largest absolute Gasteiger partial charge is 0.394 e. The molecule has 1 aromatic heterocycles. The van der Waals surface area contributed by atoms with E-state index in [1.165, 1.54) is 11.3 Å². The first-order valence-corrected chi connectivity index (χ1v) is 11.8. The molecule has 0 aliphatic carbocycles. The van der Waals surface area contributed by atoms with Crippen molar-refractivity contribution < 1.29 is 14.7 Å². The fourth-order valence-electron chi connectivity index (χ4n) is 3.47. The van der Waals surface area contributed by atoms with Crippen molar-refractivity contribution in [3.8, 4) is 0 Å². The Labute approximate surface area is 205 Å². The number of nitrogens with zero attached hydrogens (tertiary/aromatic N) is 1. The first-order chi connectivity index (χ1) is 16.4. The van der Waals surface area contributed by atoms with Crippen LogP contribution >= 0.6 is 22.9 Å². The van der Waals surface area contributed by atoms with Gasteiger partial charge in [-0.1, -0.05) is 65.4 Å². The lowest BCUT2D eigenvalue weighted by molar-refractivity contribution is 0.102. The summed E-state index contributed by atoms with van der Waals surface area (Å²) in [7, 11) is 0. The van der Waals surface area contributed by atoms with Crippen molar-refractivity contribution in [2.75, 3.05) is 17.2 Å². The highest BCUT2D eigenvalue weighted by Crippen LogP contribution is 2.29. The molecule has 3 aromatic carbocycles. The van der Waals surface area contributed by atoms with Crippen LogP contribution in [0.2, 0.25) is 5.02 Å². The third kappa shape index (κ3) is 5.72. The fourth-order valence-corrected chi connectivity index (χ4v) is 4.64. The number of para-hydroxylation sites is 1. The summed E-state index contributed by atoms with van der Waals surface area (Å²) in [6, 6.07) is 19.3. The van der Waals surface area contributed by atoms with Gasteiger partial charge in [-0.2, -0.15) is 0 Å². The predicted molar refractivity (Wildman–Crippen MR) is 137 cm³/mol. The number of carbonyl (C=O) groups is 2. The molecule has 4 aromatic rings. The van der Waals surface area contributed by atoms with Gasteiger partial charge in [-0.05, 0) is 48.7 Å². The van der Waals surface area contributed by atoms with Gasteiger partial charge < -0.3 is 15.7 Å². The zero-order chi connectivity index (χ0) is 24.1. The molecule has 0 saturated heterocycles. The van der Waals surface area contributed by atoms with Gasteiger partial charge in [0.25, 0.3) is 5.91 Å². The molecule has 0 radical (unpaired) electrons. The van der Waals surface area contributed by atoms with Crippen LogP contribution in [-0.2, 0) is 6.42 Å². The van der Waals surface area contributed by atoms with Gasteiger partial charge in [0.2, 0.25) is 0 Å². The van der Waals surface area contributed by atoms with E-state index in [-0.39, 0.29) is 12.5 Å². The molecule has 4 N–H and O–H groups in total. The number of thiazole rings is 1. The van der Waals surface area contributed by atoms with Crippen LogP contribution in [0, 0.1) is 6.92 Å². The van der Waals surface area contributed by atoms with Gasteiger partial charge in [0.05, 0.1) is 33.6 Å². The van der Waals surface area contributed by atoms with Gasteiger partial charge in [0.1, 0.15) is 0 Å². The van der Waals surface area contributed by atoms with Crippen LogP contribution in [-0.4, -0.2) is 34.7 Å². The number of halogens is 1. The second kappa shape index (κ2) is 10.6. The highest BCUT2D eigenvalue weighted by atomic mass is 35.5. The summed E-state index contributed by atoms with van der Waals surface area (Å²) in [5.74, 6) is -0.287. The van der Waals surface area contributed by atoms with Gasteiger partial charge in [-0.25, -0.2) is 9.78 Å². The van der Waals surface area contributed by atoms with E-state index in [1.54, 1.807) is 24.3 Å². The molecular formula is C25H23ClN4O3S. The maximum atomic E-state index is 12.8. The number of fused-ring (bicyclic) bond motifs is 1. The molecule has 0 saturated carbocycles. The van der Waals surface area contributed by atoms with E-state index in [1.807, 2.05) is 49.4 Å². The first kappa shape index (κ1) is 23.7. The van der Waals surface area contributed by atoms with E-state index in [0.29, 0.717) is 33.3 Å². The van der Waals surface area contributed by atoms with Gasteiger partial charge in [0.15, 0.2) is 5.13 Å². The topological polar surface area (TPSA) is 103 Å². The van der Waals surface area contributed by atoms with Crippen LogP contribution in [0.4, 0.5) is 15.6 Å². The number of nitrogens with one attached hydrogen (secondary N) is 3. The lowest BCUT2D eigenvalue weighted by Gasteiger charge is -2.16. The standard InChI is InChI=1S/C25H23ClN4O3S/c1-15-6-5-9-19(26)22(15)29-23(32)17-10-11-20-21(13-17)34-25(28-20)30-24(33)27-18(14-31)12-16-7-3-2-4-8-16/h2-11,13,18,31H,12,14H2,1H3,(H,29,32)(H2,27,28,30,33)/t18-/m0/s1. The van der Waals surface area contributed by atoms with Crippen LogP contribution in [0.5, 0.6) is 0 Å². The average Bonchev–Trinajstić information content (AvgIpc) is 3.22. The molecule has 0 spiro atoms. The summed E-state index contributed by atoms with van der Waals surface area (Å²) < 4.78 is 0.752. The zero-order valence-corrected chi connectivity index (χ0v) is 19.9. The third-order valence-corrected chi connectivity index (χ3v) is 6.46. The third-order valence-electron chi connectivity index (χ3n) is 5.21. The number of aliphatic hydroxyl groups is 1. The Balaban J connectivity index is 1.42. The minimum absolute atomic E-state index is 0.189. The van der Waals surface area contributed by atoms with Gasteiger partial charge in [0, 0.05) is 5.56 Å². The van der Waals surface area contributed by atoms with E-state index in [0.717, 1.165) is 15.8 Å². The van der Waals surface area contributed by atoms with Gasteiger partial charge >= 0.3 is 6.03 Å². The maximum Gasteiger partial charge on any atom is 0.321 e. The summed E-state index contributed by atoms with van der Waals surface area (Å²) in [4.78, 5) is 29.6. The Morgan fingerprint density at radius 1 is 1.06 bits per heavy atom. The first-order valence-electron chi connectivity index (χ1n) is 10.6. The number of hydrogen-bond acceptors (Lipinski definition) is 5. The Morgan fingerprint density at radius 2 is 1.85 bits per heavy atom. The number of hydrogen-bond donors (Lipinski definition) is 4. The predicted octanol–water partition coefficient (Wildman–Crippen LogP) is 5.24. The average molecular weight is 495 g/mol. The molecule has 1 atom stereocenters. The van der Waals surface area contributed by atoms with E-state index in [2.05, 4.69) is 20.9 Å². The minimum Gasteiger partial charge on any atom is -0.394 e. The van der Waals surface area contributed by atoms with Crippen LogP contribution in [0.3, 0.4) is 0 Å². The second-order valence-electron chi connectivity index (χ2n) is 7.76. The van der Waals surface area contributed by atoms with Crippen LogP contribution < -0.4 is 16.0 Å². The molecule has 0 bridgehead atoms. The number of aromatic nitrogens is 1. The second-order valence-corrected chi connectivity index (χ2v) is 9.19. The Kier molecular flexibility index (Phi) is 7.42. The van der Waals surface area contributed by atoms with E-state index < -0.39 is 12.1 Å². The summed E-state index contributed by atoms with van der Waals surface area (Å²) in [6.07, 6.45) is 0.508. The summed E-state index contributed by atoms with van der Waals surface area (Å²) in [5, 5.41) is 18.8. The number of carbonyl (C=O) groups excluding carboxylic acids is 2. The normalized spacial score (nSPS) is 11.7. The van der Waals surface area contributed by atoms with E-state index >= 15 is 0 Å². The molecule has 1 heterocycles. The van der Waals surface area contributed by atoms with Crippen molar-refractivity contribution in [1.29, 1.82) is 0 Å². The highest BCUT2D eigenvalue weighted by Gasteiger charge is 2.16. The molecule has 34 heavy (non-hydrogen) atoms. The number of aryl methyl sites for hydroxylation is 1. The molecule has 0 aliphatic heterocycles. The number of anilines is 2. The fraction of sp³-hybridized carbons (Fsp3) is 0.160. The lowest BCUT2D eigenvalue weighted by Crippen LogP contribution is -2.41. The highest BCUT2D eigenvalue weighted by molar-refractivity contribution is 7.22. The lowest BCUT2D eigenvalue weighted by atomic mass is 10.1. The molecule has 4 rings (SSSR count). The quantitative estimate of drug-likeness (QED) is 0.282. The monoisotopic (exact) mass is 494 g/mol. The smallest absolute Gasteiger partial charge is 0.321 e. The molecule has 0 aliphatic rings.